The summed E-state index contributed by atoms with van der Waals surface area (Å²) in [4.78, 5) is 12.1. The van der Waals surface area contributed by atoms with E-state index in [0.29, 0.717) is 16.7 Å². The van der Waals surface area contributed by atoms with Gasteiger partial charge in [0.15, 0.2) is 5.15 Å². The summed E-state index contributed by atoms with van der Waals surface area (Å²) in [5.74, 6) is -1.54. The molecule has 0 fully saturated rings. The molecule has 7 nitrogen and oxygen atoms in total. The number of carbonyl (C=O) groups excluding carboxylic acids is 1. The minimum atomic E-state index is -3.88. The number of nitrogens with one attached hydrogen (secondary N) is 1. The van der Waals surface area contributed by atoms with Gasteiger partial charge in [0, 0.05) is 11.5 Å². The number of hydrogen-bond donors (Lipinski definition) is 1. The largest absolute Gasteiger partial charge is 0.486 e. The molecular weight excluding hydrogens is 504 g/mol. The first-order valence-corrected chi connectivity index (χ1v) is 12.6. The van der Waals surface area contributed by atoms with Crippen LogP contribution >= 0.6 is 23.2 Å². The molecule has 0 bridgehead atoms. The summed E-state index contributed by atoms with van der Waals surface area (Å²) in [5.41, 5.74) is 1.14. The van der Waals surface area contributed by atoms with Gasteiger partial charge in [-0.1, -0.05) is 53.5 Å². The molecule has 1 heterocycles. The van der Waals surface area contributed by atoms with E-state index < -0.39 is 27.3 Å². The predicted molar refractivity (Wildman–Crippen MR) is 129 cm³/mol. The van der Waals surface area contributed by atoms with E-state index in [2.05, 4.69) is 5.10 Å². The molecule has 4 aromatic rings. The maximum Gasteiger partial charge on any atom is 0.267 e. The molecular formula is C23H18Cl2FN3O4S. The molecule has 4 rings (SSSR count). The molecule has 1 aromatic heterocycles. The van der Waals surface area contributed by atoms with Gasteiger partial charge in [0.05, 0.1) is 28.0 Å². The number of sulfonamides is 1. The fourth-order valence-corrected chi connectivity index (χ4v) is 4.33. The number of benzene rings is 3. The van der Waals surface area contributed by atoms with Crippen molar-refractivity contribution in [3.05, 3.63) is 87.8 Å². The van der Waals surface area contributed by atoms with Gasteiger partial charge in [0.25, 0.3) is 5.91 Å². The molecule has 0 saturated carbocycles. The van der Waals surface area contributed by atoms with Crippen molar-refractivity contribution in [1.29, 1.82) is 0 Å². The maximum absolute atomic E-state index is 14.7. The number of aromatic nitrogens is 2. The zero-order valence-electron chi connectivity index (χ0n) is 17.9. The topological polar surface area (TPSA) is 90.3 Å². The summed E-state index contributed by atoms with van der Waals surface area (Å²) in [5, 5.41) is 4.92. The summed E-state index contributed by atoms with van der Waals surface area (Å²) < 4.78 is 46.4. The molecule has 11 heteroatoms. The Morgan fingerprint density at radius 1 is 1.12 bits per heavy atom. The fraction of sp³-hybridized carbons (Fsp3) is 0.130. The number of fused-ring (bicyclic) bond motifs is 1. The highest BCUT2D eigenvalue weighted by atomic mass is 35.5. The van der Waals surface area contributed by atoms with Crippen LogP contribution in [-0.4, -0.2) is 30.4 Å². The summed E-state index contributed by atoms with van der Waals surface area (Å²) in [6, 6.07) is 16.9. The predicted octanol–water partition coefficient (Wildman–Crippen LogP) is 5.30. The van der Waals surface area contributed by atoms with Crippen molar-refractivity contribution < 1.29 is 22.3 Å². The number of amides is 1. The highest BCUT2D eigenvalue weighted by Gasteiger charge is 2.21. The standard InChI is InChI=1S/C23H18Cl2FN3O4S/c1-13(14-6-4-3-5-7-14)33-15-8-9-20-17(10-15)22(25)27-29(20)21-12-19(26)16(11-18(21)24)23(30)28-34(2,31)32/h3-13H,1-2H3,(H,28,30). The zero-order valence-corrected chi connectivity index (χ0v) is 20.2. The van der Waals surface area contributed by atoms with Crippen LogP contribution < -0.4 is 9.46 Å². The average molecular weight is 522 g/mol. The first kappa shape index (κ1) is 24.0. The van der Waals surface area contributed by atoms with E-state index >= 15 is 0 Å². The molecule has 176 valence electrons. The Balaban J connectivity index is 1.69. The summed E-state index contributed by atoms with van der Waals surface area (Å²) in [6.07, 6.45) is 0.580. The number of hydrogen-bond acceptors (Lipinski definition) is 5. The van der Waals surface area contributed by atoms with Crippen molar-refractivity contribution >= 4 is 50.0 Å². The molecule has 0 saturated heterocycles. The van der Waals surface area contributed by atoms with Crippen LogP contribution in [-0.2, 0) is 10.0 Å². The van der Waals surface area contributed by atoms with E-state index in [-0.39, 0.29) is 22.0 Å². The Labute approximate surface area is 205 Å². The lowest BCUT2D eigenvalue weighted by atomic mass is 10.1. The highest BCUT2D eigenvalue weighted by Crippen LogP contribution is 2.33. The number of nitrogens with zero attached hydrogens (tertiary/aromatic N) is 2. The summed E-state index contributed by atoms with van der Waals surface area (Å²) in [7, 11) is -3.88. The molecule has 0 aliphatic rings. The zero-order chi connectivity index (χ0) is 24.6. The van der Waals surface area contributed by atoms with Crippen molar-refractivity contribution in [2.75, 3.05) is 6.26 Å². The lowest BCUT2D eigenvalue weighted by Crippen LogP contribution is -2.30. The first-order chi connectivity index (χ1) is 16.0. The third kappa shape index (κ3) is 5.01. The second-order valence-corrected chi connectivity index (χ2v) is 10.1. The van der Waals surface area contributed by atoms with Crippen molar-refractivity contribution in [2.24, 2.45) is 0 Å². The normalized spacial score (nSPS) is 12.5. The first-order valence-electron chi connectivity index (χ1n) is 9.95. The van der Waals surface area contributed by atoms with Gasteiger partial charge in [-0.15, -0.1) is 0 Å². The van der Waals surface area contributed by atoms with Gasteiger partial charge in [0.1, 0.15) is 17.7 Å². The average Bonchev–Trinajstić information content (AvgIpc) is 3.10. The molecule has 3 aromatic carbocycles. The Morgan fingerprint density at radius 2 is 1.82 bits per heavy atom. The van der Waals surface area contributed by atoms with Crippen LogP contribution in [0.3, 0.4) is 0 Å². The fourth-order valence-electron chi connectivity index (χ4n) is 3.41. The van der Waals surface area contributed by atoms with E-state index in [4.69, 9.17) is 27.9 Å². The lowest BCUT2D eigenvalue weighted by Gasteiger charge is -2.15. The van der Waals surface area contributed by atoms with Crippen LogP contribution in [0.5, 0.6) is 5.75 Å². The number of halogens is 3. The van der Waals surface area contributed by atoms with Gasteiger partial charge in [-0.05, 0) is 36.8 Å². The Hall–Kier alpha value is -3.14. The van der Waals surface area contributed by atoms with Crippen molar-refractivity contribution in [3.8, 4) is 11.4 Å². The highest BCUT2D eigenvalue weighted by molar-refractivity contribution is 7.89. The van der Waals surface area contributed by atoms with E-state index in [1.54, 1.807) is 22.9 Å². The maximum atomic E-state index is 14.7. The van der Waals surface area contributed by atoms with Gasteiger partial charge in [-0.3, -0.25) is 4.79 Å². The van der Waals surface area contributed by atoms with Crippen LogP contribution in [0.15, 0.2) is 60.7 Å². The SMILES string of the molecule is CC(Oc1ccc2c(c1)c(Cl)nn2-c1cc(F)c(C(=O)NS(C)(=O)=O)cc1Cl)c1ccccc1. The molecule has 1 atom stereocenters. The van der Waals surface area contributed by atoms with Gasteiger partial charge in [0.2, 0.25) is 10.0 Å². The number of ether oxygens (including phenoxy) is 1. The Bertz CT molecular complexity index is 1510. The number of carbonyl (C=O) groups is 1. The molecule has 0 aliphatic carbocycles. The minimum Gasteiger partial charge on any atom is -0.486 e. The van der Waals surface area contributed by atoms with Crippen LogP contribution in [0.4, 0.5) is 4.39 Å². The molecule has 0 aliphatic heterocycles. The van der Waals surface area contributed by atoms with Crippen molar-refractivity contribution in [1.82, 2.24) is 14.5 Å². The third-order valence-corrected chi connectivity index (χ3v) is 6.11. The Morgan fingerprint density at radius 3 is 2.50 bits per heavy atom. The van der Waals surface area contributed by atoms with E-state index in [0.717, 1.165) is 24.0 Å². The van der Waals surface area contributed by atoms with Crippen LogP contribution in [0.25, 0.3) is 16.6 Å². The molecule has 0 radical (unpaired) electrons. The van der Waals surface area contributed by atoms with Gasteiger partial charge >= 0.3 is 0 Å². The second kappa shape index (κ2) is 9.25. The monoisotopic (exact) mass is 521 g/mol. The number of rotatable bonds is 6. The molecule has 1 unspecified atom stereocenters. The van der Waals surface area contributed by atoms with E-state index in [9.17, 15) is 17.6 Å². The summed E-state index contributed by atoms with van der Waals surface area (Å²) in [6.45, 7) is 1.93. The summed E-state index contributed by atoms with van der Waals surface area (Å²) >= 11 is 12.6. The van der Waals surface area contributed by atoms with Crippen LogP contribution in [0, 0.1) is 5.82 Å². The molecule has 0 spiro atoms. The van der Waals surface area contributed by atoms with E-state index in [1.165, 1.54) is 4.68 Å². The minimum absolute atomic E-state index is 0.0286. The quantitative estimate of drug-likeness (QED) is 0.371. The molecule has 1 N–H and O–H groups in total. The van der Waals surface area contributed by atoms with Crippen molar-refractivity contribution in [3.63, 3.8) is 0 Å². The smallest absolute Gasteiger partial charge is 0.267 e. The van der Waals surface area contributed by atoms with Gasteiger partial charge in [-0.25, -0.2) is 22.2 Å². The van der Waals surface area contributed by atoms with Gasteiger partial charge < -0.3 is 4.74 Å². The third-order valence-electron chi connectivity index (χ3n) is 4.98. The van der Waals surface area contributed by atoms with Crippen molar-refractivity contribution in [2.45, 2.75) is 13.0 Å². The van der Waals surface area contributed by atoms with E-state index in [1.807, 2.05) is 37.3 Å². The second-order valence-electron chi connectivity index (χ2n) is 7.54. The molecule has 34 heavy (non-hydrogen) atoms. The van der Waals surface area contributed by atoms with Crippen LogP contribution in [0.1, 0.15) is 28.9 Å². The lowest BCUT2D eigenvalue weighted by molar-refractivity contribution is 0.0978. The van der Waals surface area contributed by atoms with Gasteiger partial charge in [-0.2, -0.15) is 5.10 Å². The Kier molecular flexibility index (Phi) is 6.53. The van der Waals surface area contributed by atoms with Crippen LogP contribution in [0.2, 0.25) is 10.2 Å². The molecule has 1 amide bonds.